The molecule has 3 N–H and O–H groups in total. The molecular formula is C23H22FN5O3. The molecule has 164 valence electrons. The van der Waals surface area contributed by atoms with Crippen LogP contribution in [0.15, 0.2) is 42.5 Å². The molecule has 8 nitrogen and oxygen atoms in total. The highest BCUT2D eigenvalue weighted by molar-refractivity contribution is 5.97. The number of ether oxygens (including phenoxy) is 1. The van der Waals surface area contributed by atoms with Crippen LogP contribution in [0.3, 0.4) is 0 Å². The van der Waals surface area contributed by atoms with Crippen molar-refractivity contribution >= 4 is 29.3 Å². The number of benzene rings is 2. The van der Waals surface area contributed by atoms with Crippen LogP contribution < -0.4 is 11.1 Å². The van der Waals surface area contributed by atoms with Gasteiger partial charge in [0.1, 0.15) is 5.82 Å². The first-order valence-electron chi connectivity index (χ1n) is 10.3. The number of hydrogen-bond acceptors (Lipinski definition) is 8. The summed E-state index contributed by atoms with van der Waals surface area (Å²) < 4.78 is 18.2. The molecule has 4 rings (SSSR count). The van der Waals surface area contributed by atoms with E-state index in [9.17, 15) is 14.0 Å². The fourth-order valence-electron chi connectivity index (χ4n) is 3.54. The molecule has 0 radical (unpaired) electrons. The molecule has 1 aliphatic carbocycles. The number of carbonyl (C=O) groups excluding carboxylic acids is 2. The first-order valence-corrected chi connectivity index (χ1v) is 10.3. The van der Waals surface area contributed by atoms with E-state index in [4.69, 9.17) is 10.5 Å². The van der Waals surface area contributed by atoms with Crippen molar-refractivity contribution in [3.8, 4) is 0 Å². The number of ketones is 1. The van der Waals surface area contributed by atoms with Gasteiger partial charge in [0.25, 0.3) is 0 Å². The molecule has 0 saturated carbocycles. The fourth-order valence-corrected chi connectivity index (χ4v) is 3.54. The number of aromatic nitrogens is 3. The van der Waals surface area contributed by atoms with E-state index in [-0.39, 0.29) is 48.8 Å². The third-order valence-corrected chi connectivity index (χ3v) is 5.14. The zero-order valence-electron chi connectivity index (χ0n) is 17.3. The lowest BCUT2D eigenvalue weighted by molar-refractivity contribution is -0.145. The largest absolute Gasteiger partial charge is 0.457 e. The highest BCUT2D eigenvalue weighted by Gasteiger charge is 2.16. The Kier molecular flexibility index (Phi) is 6.34. The number of anilines is 3. The maximum Gasteiger partial charge on any atom is 0.306 e. The van der Waals surface area contributed by atoms with Gasteiger partial charge in [-0.15, -0.1) is 0 Å². The number of carbonyl (C=O) groups is 2. The number of aryl methyl sites for hydroxylation is 2. The molecule has 0 bridgehead atoms. The third-order valence-electron chi connectivity index (χ3n) is 5.14. The first kappa shape index (κ1) is 21.4. The van der Waals surface area contributed by atoms with Gasteiger partial charge in [-0.1, -0.05) is 12.1 Å². The molecule has 0 amide bonds. The van der Waals surface area contributed by atoms with Crippen LogP contribution in [0.5, 0.6) is 0 Å². The number of nitrogens with zero attached hydrogens (tertiary/aromatic N) is 3. The summed E-state index contributed by atoms with van der Waals surface area (Å²) in [7, 11) is 0. The van der Waals surface area contributed by atoms with E-state index >= 15 is 0 Å². The highest BCUT2D eigenvalue weighted by atomic mass is 19.1. The van der Waals surface area contributed by atoms with Crippen LogP contribution in [0.25, 0.3) is 0 Å². The summed E-state index contributed by atoms with van der Waals surface area (Å²) in [6.07, 6.45) is 3.18. The second-order valence-corrected chi connectivity index (χ2v) is 7.49. The molecule has 0 atom stereocenters. The monoisotopic (exact) mass is 435 g/mol. The van der Waals surface area contributed by atoms with E-state index in [2.05, 4.69) is 20.3 Å². The van der Waals surface area contributed by atoms with Gasteiger partial charge in [0.05, 0.1) is 6.42 Å². The van der Waals surface area contributed by atoms with E-state index in [1.807, 2.05) is 18.2 Å². The van der Waals surface area contributed by atoms with Crippen LogP contribution in [0, 0.1) is 5.82 Å². The topological polar surface area (TPSA) is 120 Å². The summed E-state index contributed by atoms with van der Waals surface area (Å²) >= 11 is 0. The minimum Gasteiger partial charge on any atom is -0.457 e. The minimum atomic E-state index is -0.536. The number of nitrogens with one attached hydrogen (secondary N) is 1. The zero-order valence-corrected chi connectivity index (χ0v) is 17.3. The molecule has 0 spiro atoms. The summed E-state index contributed by atoms with van der Waals surface area (Å²) in [5.74, 6) is -0.754. The normalized spacial score (nSPS) is 12.3. The van der Waals surface area contributed by atoms with Gasteiger partial charge in [0.15, 0.2) is 18.2 Å². The molecule has 1 heterocycles. The maximum absolute atomic E-state index is 13.0. The van der Waals surface area contributed by atoms with Crippen LogP contribution in [0.2, 0.25) is 0 Å². The van der Waals surface area contributed by atoms with Crippen LogP contribution >= 0.6 is 0 Å². The lowest BCUT2D eigenvalue weighted by Crippen LogP contribution is -2.12. The molecular weight excluding hydrogens is 413 g/mol. The molecule has 9 heteroatoms. The predicted molar refractivity (Wildman–Crippen MR) is 116 cm³/mol. The van der Waals surface area contributed by atoms with Gasteiger partial charge in [-0.2, -0.15) is 15.0 Å². The van der Waals surface area contributed by atoms with Crippen molar-refractivity contribution in [2.45, 2.75) is 38.7 Å². The Bertz CT molecular complexity index is 1150. The van der Waals surface area contributed by atoms with Gasteiger partial charge in [0, 0.05) is 17.7 Å². The number of rotatable bonds is 8. The predicted octanol–water partition coefficient (Wildman–Crippen LogP) is 3.53. The first-order chi connectivity index (χ1) is 15.5. The lowest BCUT2D eigenvalue weighted by Gasteiger charge is -2.08. The minimum absolute atomic E-state index is 0.0445. The molecule has 0 aliphatic heterocycles. The van der Waals surface area contributed by atoms with E-state index in [0.717, 1.165) is 19.3 Å². The molecule has 2 aromatic carbocycles. The van der Waals surface area contributed by atoms with Gasteiger partial charge in [-0.25, -0.2) is 4.39 Å². The highest BCUT2D eigenvalue weighted by Crippen LogP contribution is 2.23. The molecule has 32 heavy (non-hydrogen) atoms. The lowest BCUT2D eigenvalue weighted by atomic mass is 10.0. The van der Waals surface area contributed by atoms with Crippen molar-refractivity contribution in [1.29, 1.82) is 0 Å². The quantitative estimate of drug-likeness (QED) is 0.407. The smallest absolute Gasteiger partial charge is 0.306 e. The van der Waals surface area contributed by atoms with Crippen molar-refractivity contribution in [1.82, 2.24) is 15.0 Å². The molecule has 0 fully saturated rings. The summed E-state index contributed by atoms with van der Waals surface area (Å²) in [5.41, 5.74) is 9.40. The van der Waals surface area contributed by atoms with E-state index < -0.39 is 5.97 Å². The summed E-state index contributed by atoms with van der Waals surface area (Å²) in [6.45, 7) is -0.212. The van der Waals surface area contributed by atoms with Gasteiger partial charge in [-0.05, 0) is 60.7 Å². The average Bonchev–Trinajstić information content (AvgIpc) is 3.25. The summed E-state index contributed by atoms with van der Waals surface area (Å²) in [4.78, 5) is 36.6. The van der Waals surface area contributed by atoms with Gasteiger partial charge >= 0.3 is 5.97 Å². The van der Waals surface area contributed by atoms with Gasteiger partial charge < -0.3 is 15.8 Å². The van der Waals surface area contributed by atoms with Crippen molar-refractivity contribution in [2.75, 3.05) is 11.1 Å². The number of nitrogens with two attached hydrogens (primary N) is 1. The van der Waals surface area contributed by atoms with Crippen molar-refractivity contribution in [3.05, 3.63) is 70.8 Å². The Morgan fingerprint density at radius 2 is 1.78 bits per heavy atom. The van der Waals surface area contributed by atoms with E-state index in [1.54, 1.807) is 0 Å². The Labute approximate surface area is 184 Å². The third kappa shape index (κ3) is 5.42. The van der Waals surface area contributed by atoms with Crippen LogP contribution in [-0.4, -0.2) is 26.7 Å². The van der Waals surface area contributed by atoms with Crippen molar-refractivity contribution in [3.63, 3.8) is 0 Å². The molecule has 3 aromatic rings. The summed E-state index contributed by atoms with van der Waals surface area (Å²) in [6, 6.07) is 11.4. The molecule has 0 unspecified atom stereocenters. The number of halogens is 1. The Morgan fingerprint density at radius 3 is 2.59 bits per heavy atom. The standard InChI is InChI=1S/C23H22FN5O3/c24-17-6-8-18(9-7-17)26-23-28-20(27-22(25)29-23)13-32-21(31)11-10-19(30)16-5-4-14-2-1-3-15(14)12-16/h4-9,12H,1-3,10-11,13H2,(H3,25,26,27,28,29). The maximum atomic E-state index is 13.0. The average molecular weight is 435 g/mol. The Balaban J connectivity index is 1.29. The number of hydrogen-bond donors (Lipinski definition) is 2. The number of fused-ring (bicyclic) bond motifs is 1. The SMILES string of the molecule is Nc1nc(COC(=O)CCC(=O)c2ccc3c(c2)CCC3)nc(Nc2ccc(F)cc2)n1. The zero-order chi connectivity index (χ0) is 22.5. The Hall–Kier alpha value is -3.88. The van der Waals surface area contributed by atoms with Crippen LogP contribution in [-0.2, 0) is 29.0 Å². The number of Topliss-reactive ketones (excluding diaryl/α,β-unsaturated/α-hetero) is 1. The second kappa shape index (κ2) is 9.51. The van der Waals surface area contributed by atoms with Crippen LogP contribution in [0.4, 0.5) is 22.0 Å². The van der Waals surface area contributed by atoms with Gasteiger partial charge in [0.2, 0.25) is 11.9 Å². The second-order valence-electron chi connectivity index (χ2n) is 7.49. The van der Waals surface area contributed by atoms with E-state index in [0.29, 0.717) is 11.3 Å². The van der Waals surface area contributed by atoms with Gasteiger partial charge in [-0.3, -0.25) is 9.59 Å². The number of esters is 1. The fraction of sp³-hybridized carbons (Fsp3) is 0.261. The summed E-state index contributed by atoms with van der Waals surface area (Å²) in [5, 5.41) is 2.88. The number of nitrogen functional groups attached to an aromatic ring is 1. The molecule has 1 aromatic heterocycles. The van der Waals surface area contributed by atoms with Crippen LogP contribution in [0.1, 0.15) is 46.6 Å². The Morgan fingerprint density at radius 1 is 1.00 bits per heavy atom. The van der Waals surface area contributed by atoms with Crippen molar-refractivity contribution in [2.24, 2.45) is 0 Å². The molecule has 1 aliphatic rings. The van der Waals surface area contributed by atoms with E-state index in [1.165, 1.54) is 35.4 Å². The molecule has 0 saturated heterocycles. The van der Waals surface area contributed by atoms with Crippen molar-refractivity contribution < 1.29 is 18.7 Å².